The van der Waals surface area contributed by atoms with Crippen molar-refractivity contribution in [2.45, 2.75) is 142 Å². The molecule has 3 aromatic carbocycles. The zero-order valence-corrected chi connectivity index (χ0v) is 28.8. The molecule has 3 aromatic rings. The van der Waals surface area contributed by atoms with Crippen molar-refractivity contribution in [3.63, 3.8) is 0 Å². The SMILES string of the molecule is CC(C)C1(c2ccccc2)CCCC1.CC(C)C1(c2ccccc2)CCCCC1.Cc1ccc(C2(C(C)C)CCC2)cc1. The Morgan fingerprint density at radius 2 is 0.674 bits per heavy atom. The van der Waals surface area contributed by atoms with Crippen LogP contribution >= 0.6 is 0 Å². The molecule has 0 saturated heterocycles. The van der Waals surface area contributed by atoms with Gasteiger partial charge in [0, 0.05) is 0 Å². The van der Waals surface area contributed by atoms with Gasteiger partial charge in [-0.3, -0.25) is 0 Å². The second kappa shape index (κ2) is 15.1. The van der Waals surface area contributed by atoms with Crippen LogP contribution in [0.25, 0.3) is 0 Å². The molecule has 234 valence electrons. The average molecular weight is 579 g/mol. The molecule has 0 heteroatoms. The van der Waals surface area contributed by atoms with Crippen LogP contribution in [0.1, 0.15) is 141 Å². The van der Waals surface area contributed by atoms with Crippen LogP contribution in [-0.2, 0) is 16.2 Å². The number of benzene rings is 3. The monoisotopic (exact) mass is 578 g/mol. The molecule has 0 radical (unpaired) electrons. The Morgan fingerprint density at radius 3 is 0.977 bits per heavy atom. The van der Waals surface area contributed by atoms with E-state index in [1.54, 1.807) is 16.7 Å². The van der Waals surface area contributed by atoms with Gasteiger partial charge in [-0.05, 0) is 96.1 Å². The maximum atomic E-state index is 2.39. The number of hydrogen-bond acceptors (Lipinski definition) is 0. The van der Waals surface area contributed by atoms with E-state index in [0.29, 0.717) is 16.2 Å². The molecular weight excluding hydrogens is 516 g/mol. The number of rotatable bonds is 6. The normalized spacial score (nSPS) is 20.0. The molecule has 3 aliphatic rings. The van der Waals surface area contributed by atoms with Crippen LogP contribution in [0.3, 0.4) is 0 Å². The van der Waals surface area contributed by atoms with Crippen molar-refractivity contribution < 1.29 is 0 Å². The van der Waals surface area contributed by atoms with Crippen molar-refractivity contribution in [2.24, 2.45) is 17.8 Å². The third-order valence-electron chi connectivity index (χ3n) is 12.1. The van der Waals surface area contributed by atoms with Gasteiger partial charge >= 0.3 is 0 Å². The summed E-state index contributed by atoms with van der Waals surface area (Å²) in [6.45, 7) is 16.4. The third kappa shape index (κ3) is 7.49. The molecule has 0 aliphatic heterocycles. The highest BCUT2D eigenvalue weighted by Crippen LogP contribution is 2.49. The minimum absolute atomic E-state index is 0.472. The zero-order chi connectivity index (χ0) is 30.9. The highest BCUT2D eigenvalue weighted by Gasteiger charge is 2.41. The van der Waals surface area contributed by atoms with Gasteiger partial charge in [-0.15, -0.1) is 0 Å². The van der Waals surface area contributed by atoms with Crippen LogP contribution in [0.2, 0.25) is 0 Å². The van der Waals surface area contributed by atoms with Crippen LogP contribution in [-0.4, -0.2) is 0 Å². The van der Waals surface area contributed by atoms with Crippen molar-refractivity contribution in [1.82, 2.24) is 0 Å². The van der Waals surface area contributed by atoms with Crippen molar-refractivity contribution in [3.8, 4) is 0 Å². The van der Waals surface area contributed by atoms with E-state index in [2.05, 4.69) is 133 Å². The lowest BCUT2D eigenvalue weighted by molar-refractivity contribution is 0.169. The van der Waals surface area contributed by atoms with E-state index >= 15 is 0 Å². The first-order chi connectivity index (χ1) is 20.7. The molecule has 3 aliphatic carbocycles. The van der Waals surface area contributed by atoms with E-state index in [0.717, 1.165) is 17.8 Å². The predicted octanol–water partition coefficient (Wildman–Crippen LogP) is 12.8. The van der Waals surface area contributed by atoms with Crippen molar-refractivity contribution in [2.75, 3.05) is 0 Å². The fraction of sp³-hybridized carbons (Fsp3) is 0.581. The molecular formula is C43H62. The number of aryl methyl sites for hydroxylation is 1. The summed E-state index contributed by atoms with van der Waals surface area (Å²) in [6, 6.07) is 31.4. The molecule has 0 spiro atoms. The van der Waals surface area contributed by atoms with Gasteiger partial charge in [-0.1, -0.05) is 171 Å². The van der Waals surface area contributed by atoms with Crippen molar-refractivity contribution in [1.29, 1.82) is 0 Å². The Labute approximate surface area is 266 Å². The molecule has 0 amide bonds. The summed E-state index contributed by atoms with van der Waals surface area (Å²) in [5.74, 6) is 2.31. The van der Waals surface area contributed by atoms with E-state index < -0.39 is 0 Å². The molecule has 0 N–H and O–H groups in total. The van der Waals surface area contributed by atoms with Crippen molar-refractivity contribution in [3.05, 3.63) is 107 Å². The smallest absolute Gasteiger partial charge is 0.00240 e. The molecule has 0 unspecified atom stereocenters. The number of hydrogen-bond donors (Lipinski definition) is 0. The lowest BCUT2D eigenvalue weighted by Crippen LogP contribution is -2.39. The molecule has 0 aromatic heterocycles. The fourth-order valence-corrected chi connectivity index (χ4v) is 8.77. The minimum Gasteiger partial charge on any atom is -0.0622 e. The quantitative estimate of drug-likeness (QED) is 0.273. The highest BCUT2D eigenvalue weighted by molar-refractivity contribution is 5.32. The van der Waals surface area contributed by atoms with Gasteiger partial charge in [0.25, 0.3) is 0 Å². The van der Waals surface area contributed by atoms with Crippen LogP contribution in [0.4, 0.5) is 0 Å². The fourth-order valence-electron chi connectivity index (χ4n) is 8.77. The Balaban J connectivity index is 0.000000148. The van der Waals surface area contributed by atoms with Crippen LogP contribution in [0.5, 0.6) is 0 Å². The summed E-state index contributed by atoms with van der Waals surface area (Å²) < 4.78 is 0. The first kappa shape index (κ1) is 33.6. The first-order valence-corrected chi connectivity index (χ1v) is 17.8. The van der Waals surface area contributed by atoms with Gasteiger partial charge in [0.1, 0.15) is 0 Å². The Bertz CT molecular complexity index is 1180. The topological polar surface area (TPSA) is 0 Å². The van der Waals surface area contributed by atoms with Gasteiger partial charge in [0.2, 0.25) is 0 Å². The minimum atomic E-state index is 0.472. The summed E-state index contributed by atoms with van der Waals surface area (Å²) in [6.07, 6.45) is 16.8. The third-order valence-corrected chi connectivity index (χ3v) is 12.1. The van der Waals surface area contributed by atoms with Gasteiger partial charge in [-0.2, -0.15) is 0 Å². The van der Waals surface area contributed by atoms with Crippen molar-refractivity contribution >= 4 is 0 Å². The first-order valence-electron chi connectivity index (χ1n) is 17.8. The van der Waals surface area contributed by atoms with E-state index in [1.807, 2.05) is 0 Å². The van der Waals surface area contributed by atoms with E-state index in [1.165, 1.54) is 82.6 Å². The van der Waals surface area contributed by atoms with E-state index in [4.69, 9.17) is 0 Å². The maximum absolute atomic E-state index is 2.39. The Morgan fingerprint density at radius 1 is 0.372 bits per heavy atom. The molecule has 0 heterocycles. The zero-order valence-electron chi connectivity index (χ0n) is 28.8. The van der Waals surface area contributed by atoms with Gasteiger partial charge in [0.15, 0.2) is 0 Å². The van der Waals surface area contributed by atoms with E-state index in [-0.39, 0.29) is 0 Å². The van der Waals surface area contributed by atoms with Gasteiger partial charge in [-0.25, -0.2) is 0 Å². The Kier molecular flexibility index (Phi) is 11.8. The summed E-state index contributed by atoms with van der Waals surface area (Å²) >= 11 is 0. The highest BCUT2D eigenvalue weighted by atomic mass is 14.5. The molecule has 6 rings (SSSR count). The maximum Gasteiger partial charge on any atom is -0.00240 e. The summed E-state index contributed by atoms with van der Waals surface area (Å²) in [7, 11) is 0. The Hall–Kier alpha value is -2.34. The van der Waals surface area contributed by atoms with Gasteiger partial charge < -0.3 is 0 Å². The lowest BCUT2D eigenvalue weighted by Gasteiger charge is -2.46. The lowest BCUT2D eigenvalue weighted by atomic mass is 9.58. The average Bonchev–Trinajstić information content (AvgIpc) is 3.51. The van der Waals surface area contributed by atoms with Crippen LogP contribution < -0.4 is 0 Å². The van der Waals surface area contributed by atoms with Crippen LogP contribution in [0, 0.1) is 24.7 Å². The summed E-state index contributed by atoms with van der Waals surface area (Å²) in [5.41, 5.74) is 7.53. The summed E-state index contributed by atoms with van der Waals surface area (Å²) in [5, 5.41) is 0. The molecule has 0 bridgehead atoms. The molecule has 3 saturated carbocycles. The second-order valence-corrected chi connectivity index (χ2v) is 15.2. The summed E-state index contributed by atoms with van der Waals surface area (Å²) in [4.78, 5) is 0. The van der Waals surface area contributed by atoms with Gasteiger partial charge in [0.05, 0.1) is 0 Å². The van der Waals surface area contributed by atoms with E-state index in [9.17, 15) is 0 Å². The second-order valence-electron chi connectivity index (χ2n) is 15.2. The molecule has 0 atom stereocenters. The molecule has 0 nitrogen and oxygen atoms in total. The predicted molar refractivity (Wildman–Crippen MR) is 189 cm³/mol. The van der Waals surface area contributed by atoms with Crippen LogP contribution in [0.15, 0.2) is 84.9 Å². The standard InChI is InChI=1S/C15H22.2C14H20/c1-13(2)15(11-7-4-8-12-15)14-9-5-3-6-10-14;1-11(2)14(9-4-10-14)13-7-5-12(3)6-8-13;1-12(2)14(10-6-7-11-14)13-8-4-3-5-9-13/h3,5-6,9-10,13H,4,7-8,11-12H2,1-2H3;5-8,11H,4,9-10H2,1-3H3;3-5,8-9,12H,6-7,10-11H2,1-2H3. The molecule has 3 fully saturated rings. The largest absolute Gasteiger partial charge is 0.0622 e. The molecule has 43 heavy (non-hydrogen) atoms.